The highest BCUT2D eigenvalue weighted by atomic mass is 16.5. The zero-order valence-electron chi connectivity index (χ0n) is 11.6. The number of ether oxygens (including phenoxy) is 1. The lowest BCUT2D eigenvalue weighted by Crippen LogP contribution is -2.44. The van der Waals surface area contributed by atoms with Crippen LogP contribution in [0.4, 0.5) is 0 Å². The zero-order chi connectivity index (χ0) is 12.3. The van der Waals surface area contributed by atoms with Gasteiger partial charge < -0.3 is 10.1 Å². The quantitative estimate of drug-likeness (QED) is 0.735. The van der Waals surface area contributed by atoms with Gasteiger partial charge >= 0.3 is 0 Å². The van der Waals surface area contributed by atoms with E-state index in [0.29, 0.717) is 12.1 Å². The number of likely N-dealkylation sites (N-methyl/N-ethyl adjacent to an activating group) is 1. The minimum atomic E-state index is 0.466. The molecule has 0 aromatic rings. The van der Waals surface area contributed by atoms with Gasteiger partial charge in [-0.05, 0) is 52.5 Å². The van der Waals surface area contributed by atoms with Gasteiger partial charge in [0.15, 0.2) is 0 Å². The summed E-state index contributed by atoms with van der Waals surface area (Å²) < 4.78 is 5.61. The van der Waals surface area contributed by atoms with E-state index in [-0.39, 0.29) is 0 Å². The van der Waals surface area contributed by atoms with Crippen molar-refractivity contribution in [1.29, 1.82) is 0 Å². The van der Waals surface area contributed by atoms with Crippen LogP contribution in [0, 0.1) is 5.92 Å². The normalized spacial score (nSPS) is 28.6. The minimum absolute atomic E-state index is 0.466. The van der Waals surface area contributed by atoms with Crippen LogP contribution in [0.15, 0.2) is 0 Å². The molecule has 3 heteroatoms. The highest BCUT2D eigenvalue weighted by Crippen LogP contribution is 2.35. The molecule has 3 nitrogen and oxygen atoms in total. The minimum Gasteiger partial charge on any atom is -0.377 e. The third kappa shape index (κ3) is 3.94. The van der Waals surface area contributed by atoms with Crippen molar-refractivity contribution < 1.29 is 4.74 Å². The van der Waals surface area contributed by atoms with Crippen LogP contribution in [0.5, 0.6) is 0 Å². The first-order valence-electron chi connectivity index (χ1n) is 7.22. The van der Waals surface area contributed by atoms with Crippen molar-refractivity contribution in [2.45, 2.75) is 57.7 Å². The highest BCUT2D eigenvalue weighted by molar-refractivity contribution is 4.86. The van der Waals surface area contributed by atoms with Crippen molar-refractivity contribution in [3.8, 4) is 0 Å². The summed E-state index contributed by atoms with van der Waals surface area (Å²) in [6, 6.07) is 1.36. The summed E-state index contributed by atoms with van der Waals surface area (Å²) in [5.74, 6) is 0.959. The standard InChI is InChI=1S/C14H28N2O/c1-11(16(3)12(2)13-6-7-13)9-15-10-14-5-4-8-17-14/h11-15H,4-10H2,1-3H3. The monoisotopic (exact) mass is 240 g/mol. The van der Waals surface area contributed by atoms with E-state index < -0.39 is 0 Å². The summed E-state index contributed by atoms with van der Waals surface area (Å²) in [5.41, 5.74) is 0. The lowest BCUT2D eigenvalue weighted by atomic mass is 10.1. The number of rotatable bonds is 7. The third-order valence-corrected chi connectivity index (χ3v) is 4.48. The van der Waals surface area contributed by atoms with Crippen LogP contribution in [-0.2, 0) is 4.74 Å². The number of hydrogen-bond acceptors (Lipinski definition) is 3. The molecule has 0 radical (unpaired) electrons. The van der Waals surface area contributed by atoms with Crippen molar-refractivity contribution in [3.05, 3.63) is 0 Å². The lowest BCUT2D eigenvalue weighted by molar-refractivity contribution is 0.106. The molecule has 0 aromatic heterocycles. The molecule has 1 saturated heterocycles. The van der Waals surface area contributed by atoms with E-state index in [0.717, 1.165) is 31.7 Å². The molecule has 1 aliphatic heterocycles. The second kappa shape index (κ2) is 6.17. The van der Waals surface area contributed by atoms with Crippen LogP contribution in [0.2, 0.25) is 0 Å². The highest BCUT2D eigenvalue weighted by Gasteiger charge is 2.31. The first-order valence-corrected chi connectivity index (χ1v) is 7.22. The Morgan fingerprint density at radius 1 is 1.29 bits per heavy atom. The van der Waals surface area contributed by atoms with Crippen molar-refractivity contribution in [2.75, 3.05) is 26.7 Å². The van der Waals surface area contributed by atoms with Gasteiger partial charge in [0.25, 0.3) is 0 Å². The fraction of sp³-hybridized carbons (Fsp3) is 1.00. The Balaban J connectivity index is 1.60. The summed E-state index contributed by atoms with van der Waals surface area (Å²) in [5, 5.41) is 3.56. The second-order valence-corrected chi connectivity index (χ2v) is 5.89. The summed E-state index contributed by atoms with van der Waals surface area (Å²) in [6.07, 6.45) is 5.80. The first-order chi connectivity index (χ1) is 8.18. The Labute approximate surface area is 106 Å². The molecule has 100 valence electrons. The molecule has 17 heavy (non-hydrogen) atoms. The van der Waals surface area contributed by atoms with Gasteiger partial charge in [0, 0.05) is 31.8 Å². The fourth-order valence-electron chi connectivity index (χ4n) is 2.72. The van der Waals surface area contributed by atoms with Crippen LogP contribution in [0.1, 0.15) is 39.5 Å². The van der Waals surface area contributed by atoms with Gasteiger partial charge in [0.05, 0.1) is 6.10 Å². The van der Waals surface area contributed by atoms with Gasteiger partial charge in [0.2, 0.25) is 0 Å². The number of hydrogen-bond donors (Lipinski definition) is 1. The van der Waals surface area contributed by atoms with Gasteiger partial charge in [-0.25, -0.2) is 0 Å². The molecule has 1 aliphatic carbocycles. The molecule has 1 N–H and O–H groups in total. The van der Waals surface area contributed by atoms with Crippen molar-refractivity contribution >= 4 is 0 Å². The average Bonchev–Trinajstić information content (AvgIpc) is 3.05. The predicted octanol–water partition coefficient (Wildman–Crippen LogP) is 1.87. The second-order valence-electron chi connectivity index (χ2n) is 5.89. The third-order valence-electron chi connectivity index (χ3n) is 4.48. The molecule has 2 fully saturated rings. The summed E-state index contributed by atoms with van der Waals surface area (Å²) >= 11 is 0. The Morgan fingerprint density at radius 3 is 2.65 bits per heavy atom. The fourth-order valence-corrected chi connectivity index (χ4v) is 2.72. The Bertz CT molecular complexity index is 224. The van der Waals surface area contributed by atoms with Crippen LogP contribution in [0.3, 0.4) is 0 Å². The molecular weight excluding hydrogens is 212 g/mol. The molecule has 0 aromatic carbocycles. The van der Waals surface area contributed by atoms with Crippen molar-refractivity contribution in [3.63, 3.8) is 0 Å². The van der Waals surface area contributed by atoms with E-state index >= 15 is 0 Å². The molecule has 0 spiro atoms. The van der Waals surface area contributed by atoms with Gasteiger partial charge in [-0.2, -0.15) is 0 Å². The van der Waals surface area contributed by atoms with E-state index in [1.54, 1.807) is 0 Å². The number of nitrogens with one attached hydrogen (secondary N) is 1. The molecule has 2 aliphatic rings. The largest absolute Gasteiger partial charge is 0.377 e. The molecule has 0 bridgehead atoms. The maximum atomic E-state index is 5.61. The van der Waals surface area contributed by atoms with Crippen LogP contribution < -0.4 is 5.32 Å². The van der Waals surface area contributed by atoms with E-state index in [4.69, 9.17) is 4.74 Å². The van der Waals surface area contributed by atoms with E-state index in [1.165, 1.54) is 25.7 Å². The summed E-state index contributed by atoms with van der Waals surface area (Å²) in [4.78, 5) is 2.53. The number of nitrogens with zero attached hydrogens (tertiary/aromatic N) is 1. The summed E-state index contributed by atoms with van der Waals surface area (Å²) in [7, 11) is 2.27. The topological polar surface area (TPSA) is 24.5 Å². The molecule has 1 saturated carbocycles. The lowest BCUT2D eigenvalue weighted by Gasteiger charge is -2.31. The Hall–Kier alpha value is -0.120. The average molecular weight is 240 g/mol. The predicted molar refractivity (Wildman–Crippen MR) is 71.3 cm³/mol. The zero-order valence-corrected chi connectivity index (χ0v) is 11.6. The van der Waals surface area contributed by atoms with Crippen LogP contribution >= 0.6 is 0 Å². The molecule has 2 rings (SSSR count). The Morgan fingerprint density at radius 2 is 2.06 bits per heavy atom. The van der Waals surface area contributed by atoms with Gasteiger partial charge in [-0.3, -0.25) is 4.90 Å². The Kier molecular flexibility index (Phi) is 4.83. The molecular formula is C14H28N2O. The van der Waals surface area contributed by atoms with E-state index in [9.17, 15) is 0 Å². The van der Waals surface area contributed by atoms with Crippen LogP contribution in [0.25, 0.3) is 0 Å². The van der Waals surface area contributed by atoms with Gasteiger partial charge in [-0.1, -0.05) is 0 Å². The van der Waals surface area contributed by atoms with Crippen molar-refractivity contribution in [1.82, 2.24) is 10.2 Å². The van der Waals surface area contributed by atoms with Crippen LogP contribution in [-0.4, -0.2) is 49.8 Å². The van der Waals surface area contributed by atoms with Gasteiger partial charge in [0.1, 0.15) is 0 Å². The molecule has 3 atom stereocenters. The molecule has 0 amide bonds. The SMILES string of the molecule is CC(CNCC1CCCO1)N(C)C(C)C1CC1. The smallest absolute Gasteiger partial charge is 0.0700 e. The maximum absolute atomic E-state index is 5.61. The van der Waals surface area contributed by atoms with E-state index in [1.807, 2.05) is 0 Å². The first kappa shape index (κ1) is 13.3. The maximum Gasteiger partial charge on any atom is 0.0700 e. The van der Waals surface area contributed by atoms with E-state index in [2.05, 4.69) is 31.1 Å². The summed E-state index contributed by atoms with van der Waals surface area (Å²) in [6.45, 7) is 7.75. The molecule has 1 heterocycles. The van der Waals surface area contributed by atoms with Crippen molar-refractivity contribution in [2.24, 2.45) is 5.92 Å². The molecule has 3 unspecified atom stereocenters. The van der Waals surface area contributed by atoms with Gasteiger partial charge in [-0.15, -0.1) is 0 Å².